The van der Waals surface area contributed by atoms with Gasteiger partial charge in [0.05, 0.1) is 0 Å². The number of nitrogens with one attached hydrogen (secondary N) is 1. The standard InChI is InChI=1S/C9H10F2N2O2S/c10-6-3-4-7(8(11)9(6)12)16(14,15)13-5-1-2-5/h3-5,13H,1-2,12H2. The van der Waals surface area contributed by atoms with Gasteiger partial charge < -0.3 is 5.73 Å². The molecule has 0 radical (unpaired) electrons. The molecule has 16 heavy (non-hydrogen) atoms. The van der Waals surface area contributed by atoms with Gasteiger partial charge in [-0.2, -0.15) is 0 Å². The molecule has 3 N–H and O–H groups in total. The highest BCUT2D eigenvalue weighted by Gasteiger charge is 2.30. The third kappa shape index (κ3) is 2.00. The third-order valence-electron chi connectivity index (χ3n) is 2.28. The fraction of sp³-hybridized carbons (Fsp3) is 0.333. The van der Waals surface area contributed by atoms with Crippen molar-refractivity contribution in [1.29, 1.82) is 0 Å². The monoisotopic (exact) mass is 248 g/mol. The van der Waals surface area contributed by atoms with Gasteiger partial charge in [0.15, 0.2) is 5.82 Å². The van der Waals surface area contributed by atoms with Crippen molar-refractivity contribution >= 4 is 15.7 Å². The minimum Gasteiger partial charge on any atom is -0.394 e. The molecule has 0 unspecified atom stereocenters. The molecule has 88 valence electrons. The highest BCUT2D eigenvalue weighted by Crippen LogP contribution is 2.26. The molecule has 1 aromatic carbocycles. The molecular formula is C9H10F2N2O2S. The van der Waals surface area contributed by atoms with Gasteiger partial charge in [0.2, 0.25) is 10.0 Å². The van der Waals surface area contributed by atoms with Crippen molar-refractivity contribution in [3.05, 3.63) is 23.8 Å². The van der Waals surface area contributed by atoms with E-state index in [0.29, 0.717) is 0 Å². The fourth-order valence-corrected chi connectivity index (χ4v) is 2.64. The van der Waals surface area contributed by atoms with Crippen molar-refractivity contribution in [2.75, 3.05) is 5.73 Å². The van der Waals surface area contributed by atoms with Crippen LogP contribution in [0.2, 0.25) is 0 Å². The van der Waals surface area contributed by atoms with Crippen LogP contribution in [-0.4, -0.2) is 14.5 Å². The van der Waals surface area contributed by atoms with Gasteiger partial charge in [-0.15, -0.1) is 0 Å². The Bertz CT molecular complexity index is 527. The van der Waals surface area contributed by atoms with Gasteiger partial charge >= 0.3 is 0 Å². The van der Waals surface area contributed by atoms with Crippen molar-refractivity contribution < 1.29 is 17.2 Å². The molecule has 0 aromatic heterocycles. The van der Waals surface area contributed by atoms with Crippen LogP contribution >= 0.6 is 0 Å². The van der Waals surface area contributed by atoms with Crippen LogP contribution < -0.4 is 10.5 Å². The van der Waals surface area contributed by atoms with E-state index in [0.717, 1.165) is 25.0 Å². The molecule has 1 aliphatic carbocycles. The quantitative estimate of drug-likeness (QED) is 0.783. The van der Waals surface area contributed by atoms with Crippen molar-refractivity contribution in [3.8, 4) is 0 Å². The van der Waals surface area contributed by atoms with Crippen molar-refractivity contribution in [2.24, 2.45) is 0 Å². The molecule has 0 aliphatic heterocycles. The summed E-state index contributed by atoms with van der Waals surface area (Å²) in [5.74, 6) is -2.21. The molecule has 1 saturated carbocycles. The zero-order valence-electron chi connectivity index (χ0n) is 8.20. The average Bonchev–Trinajstić information content (AvgIpc) is 2.97. The molecule has 0 spiro atoms. The number of benzene rings is 1. The molecule has 7 heteroatoms. The van der Waals surface area contributed by atoms with Crippen LogP contribution in [0.5, 0.6) is 0 Å². The summed E-state index contributed by atoms with van der Waals surface area (Å²) in [6.07, 6.45) is 1.47. The highest BCUT2D eigenvalue weighted by molar-refractivity contribution is 7.89. The molecule has 0 heterocycles. The van der Waals surface area contributed by atoms with Gasteiger partial charge in [-0.05, 0) is 25.0 Å². The Morgan fingerprint density at radius 2 is 1.94 bits per heavy atom. The molecule has 0 amide bonds. The van der Waals surface area contributed by atoms with Crippen LogP contribution in [0.25, 0.3) is 0 Å². The van der Waals surface area contributed by atoms with Gasteiger partial charge in [-0.3, -0.25) is 0 Å². The van der Waals surface area contributed by atoms with Crippen LogP contribution in [0.1, 0.15) is 12.8 Å². The van der Waals surface area contributed by atoms with Gasteiger partial charge in [0.1, 0.15) is 16.4 Å². The molecule has 1 aromatic rings. The predicted molar refractivity (Wildman–Crippen MR) is 54.1 cm³/mol. The summed E-state index contributed by atoms with van der Waals surface area (Å²) in [6.45, 7) is 0. The van der Waals surface area contributed by atoms with Crippen LogP contribution in [0, 0.1) is 11.6 Å². The summed E-state index contributed by atoms with van der Waals surface area (Å²) >= 11 is 0. The lowest BCUT2D eigenvalue weighted by molar-refractivity contribution is 0.548. The largest absolute Gasteiger partial charge is 0.394 e. The molecule has 2 rings (SSSR count). The third-order valence-corrected chi connectivity index (χ3v) is 3.82. The van der Waals surface area contributed by atoms with E-state index in [4.69, 9.17) is 5.73 Å². The van der Waals surface area contributed by atoms with E-state index in [1.807, 2.05) is 0 Å². The van der Waals surface area contributed by atoms with Gasteiger partial charge in [-0.1, -0.05) is 0 Å². The number of halogens is 2. The van der Waals surface area contributed by atoms with E-state index in [9.17, 15) is 17.2 Å². The highest BCUT2D eigenvalue weighted by atomic mass is 32.2. The van der Waals surface area contributed by atoms with Crippen LogP contribution in [0.15, 0.2) is 17.0 Å². The normalized spacial score (nSPS) is 16.4. The van der Waals surface area contributed by atoms with E-state index < -0.39 is 32.2 Å². The summed E-state index contributed by atoms with van der Waals surface area (Å²) in [5.41, 5.74) is 4.30. The Balaban J connectivity index is 2.43. The summed E-state index contributed by atoms with van der Waals surface area (Å²) in [4.78, 5) is -0.613. The lowest BCUT2D eigenvalue weighted by atomic mass is 10.3. The minimum atomic E-state index is -3.94. The number of hydrogen-bond donors (Lipinski definition) is 2. The second-order valence-corrected chi connectivity index (χ2v) is 5.35. The number of anilines is 1. The zero-order valence-corrected chi connectivity index (χ0v) is 9.02. The Morgan fingerprint density at radius 1 is 1.31 bits per heavy atom. The summed E-state index contributed by atoms with van der Waals surface area (Å²) in [6, 6.07) is 1.56. The summed E-state index contributed by atoms with van der Waals surface area (Å²) in [7, 11) is -3.94. The van der Waals surface area contributed by atoms with E-state index in [1.54, 1.807) is 0 Å². The first kappa shape index (κ1) is 11.3. The molecular weight excluding hydrogens is 238 g/mol. The van der Waals surface area contributed by atoms with Gasteiger partial charge in [-0.25, -0.2) is 21.9 Å². The first-order chi connectivity index (χ1) is 7.42. The van der Waals surface area contributed by atoms with E-state index in [-0.39, 0.29) is 6.04 Å². The minimum absolute atomic E-state index is 0.143. The van der Waals surface area contributed by atoms with Gasteiger partial charge in [0.25, 0.3) is 0 Å². The van der Waals surface area contributed by atoms with Crippen molar-refractivity contribution in [3.63, 3.8) is 0 Å². The van der Waals surface area contributed by atoms with E-state index in [2.05, 4.69) is 4.72 Å². The first-order valence-corrected chi connectivity index (χ1v) is 6.16. The number of nitrogen functional groups attached to an aromatic ring is 1. The molecule has 1 fully saturated rings. The van der Waals surface area contributed by atoms with Crippen LogP contribution in [0.3, 0.4) is 0 Å². The first-order valence-electron chi connectivity index (χ1n) is 4.67. The Morgan fingerprint density at radius 3 is 2.50 bits per heavy atom. The summed E-state index contributed by atoms with van der Waals surface area (Å²) in [5, 5.41) is 0. The molecule has 0 bridgehead atoms. The van der Waals surface area contributed by atoms with E-state index >= 15 is 0 Å². The molecule has 0 saturated heterocycles. The maximum absolute atomic E-state index is 13.4. The lowest BCUT2D eigenvalue weighted by Gasteiger charge is -2.08. The topological polar surface area (TPSA) is 72.2 Å². The predicted octanol–water partition coefficient (Wildman–Crippen LogP) is 0.988. The molecule has 0 atom stereocenters. The van der Waals surface area contributed by atoms with Crippen LogP contribution in [-0.2, 0) is 10.0 Å². The summed E-state index contributed by atoms with van der Waals surface area (Å²) < 4.78 is 51.9. The Kier molecular flexibility index (Phi) is 2.59. The maximum Gasteiger partial charge on any atom is 0.243 e. The molecule has 1 aliphatic rings. The average molecular weight is 248 g/mol. The Labute approximate surface area is 91.5 Å². The smallest absolute Gasteiger partial charge is 0.243 e. The maximum atomic E-state index is 13.4. The second-order valence-electron chi connectivity index (χ2n) is 3.67. The second kappa shape index (κ2) is 3.67. The zero-order chi connectivity index (χ0) is 11.9. The number of nitrogens with two attached hydrogens (primary N) is 1. The van der Waals surface area contributed by atoms with Crippen LogP contribution in [0.4, 0.5) is 14.5 Å². The lowest BCUT2D eigenvalue weighted by Crippen LogP contribution is -2.27. The van der Waals surface area contributed by atoms with Crippen molar-refractivity contribution in [2.45, 2.75) is 23.8 Å². The molecule has 4 nitrogen and oxygen atoms in total. The number of sulfonamides is 1. The van der Waals surface area contributed by atoms with E-state index in [1.165, 1.54) is 0 Å². The number of hydrogen-bond acceptors (Lipinski definition) is 3. The number of rotatable bonds is 3. The Hall–Kier alpha value is -1.21. The SMILES string of the molecule is Nc1c(F)ccc(S(=O)(=O)NC2CC2)c1F. The van der Waals surface area contributed by atoms with Gasteiger partial charge in [0, 0.05) is 6.04 Å². The van der Waals surface area contributed by atoms with Crippen molar-refractivity contribution in [1.82, 2.24) is 4.72 Å². The fourth-order valence-electron chi connectivity index (χ4n) is 1.24.